The van der Waals surface area contributed by atoms with Gasteiger partial charge in [-0.3, -0.25) is 4.79 Å². The van der Waals surface area contributed by atoms with Crippen LogP contribution in [0.25, 0.3) is 0 Å². The van der Waals surface area contributed by atoms with Crippen LogP contribution in [0.1, 0.15) is 44.6 Å². The number of hydrogen-bond acceptors (Lipinski definition) is 2. The summed E-state index contributed by atoms with van der Waals surface area (Å²) in [6.07, 6.45) is 3.01. The van der Waals surface area contributed by atoms with E-state index in [1.165, 1.54) is 18.4 Å². The molecule has 1 heterocycles. The second-order valence-corrected chi connectivity index (χ2v) is 6.26. The Morgan fingerprint density at radius 1 is 1.40 bits per heavy atom. The summed E-state index contributed by atoms with van der Waals surface area (Å²) in [5.41, 5.74) is 2.18. The number of rotatable bonds is 4. The average molecular weight is 274 g/mol. The Balaban J connectivity index is 1.94. The van der Waals surface area contributed by atoms with Crippen LogP contribution in [-0.2, 0) is 4.79 Å². The molecule has 0 spiro atoms. The summed E-state index contributed by atoms with van der Waals surface area (Å²) in [5, 5.41) is 3.10. The average Bonchev–Trinajstić information content (AvgIpc) is 2.38. The molecule has 0 radical (unpaired) electrons. The number of hydrogen-bond donors (Lipinski definition) is 1. The SMILES string of the molecule is CC(C)c1ccccc1NC(=O)CC1CCCN(C)C1. The molecular weight excluding hydrogens is 248 g/mol. The number of nitrogens with one attached hydrogen (secondary N) is 1. The molecule has 1 amide bonds. The lowest BCUT2D eigenvalue weighted by Gasteiger charge is -2.29. The Kier molecular flexibility index (Phi) is 5.18. The van der Waals surface area contributed by atoms with E-state index in [0.717, 1.165) is 18.8 Å². The van der Waals surface area contributed by atoms with Crippen molar-refractivity contribution in [3.8, 4) is 0 Å². The summed E-state index contributed by atoms with van der Waals surface area (Å²) in [6, 6.07) is 8.10. The van der Waals surface area contributed by atoms with E-state index in [4.69, 9.17) is 0 Å². The molecule has 0 aromatic heterocycles. The van der Waals surface area contributed by atoms with E-state index < -0.39 is 0 Å². The molecule has 1 aromatic carbocycles. The van der Waals surface area contributed by atoms with Crippen LogP contribution < -0.4 is 5.32 Å². The van der Waals surface area contributed by atoms with Gasteiger partial charge in [0.25, 0.3) is 0 Å². The molecule has 1 unspecified atom stereocenters. The van der Waals surface area contributed by atoms with Gasteiger partial charge in [0.2, 0.25) is 5.91 Å². The Labute approximate surface area is 122 Å². The molecule has 1 saturated heterocycles. The van der Waals surface area contributed by atoms with Gasteiger partial charge in [0.05, 0.1) is 0 Å². The molecule has 0 bridgehead atoms. The number of likely N-dealkylation sites (tertiary alicyclic amines) is 1. The lowest BCUT2D eigenvalue weighted by molar-refractivity contribution is -0.117. The van der Waals surface area contributed by atoms with E-state index in [-0.39, 0.29) is 5.91 Å². The number of benzene rings is 1. The third-order valence-electron chi connectivity index (χ3n) is 4.05. The van der Waals surface area contributed by atoms with Crippen molar-refractivity contribution in [1.29, 1.82) is 0 Å². The summed E-state index contributed by atoms with van der Waals surface area (Å²) < 4.78 is 0. The van der Waals surface area contributed by atoms with Crippen molar-refractivity contribution in [2.75, 3.05) is 25.5 Å². The molecule has 1 aliphatic rings. The zero-order valence-corrected chi connectivity index (χ0v) is 12.9. The predicted octanol–water partition coefficient (Wildman–Crippen LogP) is 3.48. The number of piperidine rings is 1. The highest BCUT2D eigenvalue weighted by Gasteiger charge is 2.20. The fraction of sp³-hybridized carbons (Fsp3) is 0.588. The molecule has 110 valence electrons. The van der Waals surface area contributed by atoms with Crippen LogP contribution in [-0.4, -0.2) is 30.9 Å². The van der Waals surface area contributed by atoms with Gasteiger partial charge in [-0.2, -0.15) is 0 Å². The van der Waals surface area contributed by atoms with Gasteiger partial charge in [0.15, 0.2) is 0 Å². The lowest BCUT2D eigenvalue weighted by Crippen LogP contribution is -2.34. The first kappa shape index (κ1) is 15.0. The normalized spacial score (nSPS) is 20.1. The first-order valence-electron chi connectivity index (χ1n) is 7.63. The molecule has 20 heavy (non-hydrogen) atoms. The lowest BCUT2D eigenvalue weighted by atomic mass is 9.94. The standard InChI is InChI=1S/C17H26N2O/c1-13(2)15-8-4-5-9-16(15)18-17(20)11-14-7-6-10-19(3)12-14/h4-5,8-9,13-14H,6-7,10-12H2,1-3H3,(H,18,20). The predicted molar refractivity (Wildman–Crippen MR) is 84.0 cm³/mol. The van der Waals surface area contributed by atoms with Crippen LogP contribution in [0.15, 0.2) is 24.3 Å². The maximum absolute atomic E-state index is 12.2. The Bertz CT molecular complexity index is 456. The molecule has 1 fully saturated rings. The molecule has 1 aliphatic heterocycles. The molecule has 3 nitrogen and oxygen atoms in total. The summed E-state index contributed by atoms with van der Waals surface area (Å²) in [6.45, 7) is 6.51. The fourth-order valence-corrected chi connectivity index (χ4v) is 3.02. The topological polar surface area (TPSA) is 32.3 Å². The van der Waals surface area contributed by atoms with Crippen molar-refractivity contribution in [2.24, 2.45) is 5.92 Å². The molecule has 0 saturated carbocycles. The van der Waals surface area contributed by atoms with Crippen molar-refractivity contribution in [3.63, 3.8) is 0 Å². The van der Waals surface area contributed by atoms with Gasteiger partial charge in [-0.1, -0.05) is 32.0 Å². The van der Waals surface area contributed by atoms with E-state index in [9.17, 15) is 4.79 Å². The van der Waals surface area contributed by atoms with Crippen molar-refractivity contribution in [3.05, 3.63) is 29.8 Å². The summed E-state index contributed by atoms with van der Waals surface area (Å²) in [4.78, 5) is 14.6. The molecule has 1 N–H and O–H groups in total. The van der Waals surface area contributed by atoms with Crippen LogP contribution >= 0.6 is 0 Å². The molecule has 1 atom stereocenters. The maximum Gasteiger partial charge on any atom is 0.224 e. The number of carbonyl (C=O) groups excluding carboxylic acids is 1. The Morgan fingerprint density at radius 2 is 2.15 bits per heavy atom. The molecule has 2 rings (SSSR count). The fourth-order valence-electron chi connectivity index (χ4n) is 3.02. The number of para-hydroxylation sites is 1. The van der Waals surface area contributed by atoms with Crippen molar-refractivity contribution >= 4 is 11.6 Å². The van der Waals surface area contributed by atoms with E-state index in [1.54, 1.807) is 0 Å². The maximum atomic E-state index is 12.2. The third-order valence-corrected chi connectivity index (χ3v) is 4.05. The molecule has 1 aromatic rings. The van der Waals surface area contributed by atoms with Gasteiger partial charge in [0.1, 0.15) is 0 Å². The van der Waals surface area contributed by atoms with Crippen molar-refractivity contribution < 1.29 is 4.79 Å². The number of amides is 1. The van der Waals surface area contributed by atoms with E-state index >= 15 is 0 Å². The van der Waals surface area contributed by atoms with E-state index in [1.807, 2.05) is 18.2 Å². The Hall–Kier alpha value is -1.35. The second kappa shape index (κ2) is 6.89. The summed E-state index contributed by atoms with van der Waals surface area (Å²) in [5.74, 6) is 1.07. The second-order valence-electron chi connectivity index (χ2n) is 6.26. The van der Waals surface area contributed by atoms with Gasteiger partial charge in [-0.05, 0) is 49.9 Å². The third kappa shape index (κ3) is 4.07. The van der Waals surface area contributed by atoms with Crippen LogP contribution in [0.5, 0.6) is 0 Å². The summed E-state index contributed by atoms with van der Waals surface area (Å²) >= 11 is 0. The zero-order valence-electron chi connectivity index (χ0n) is 12.9. The zero-order chi connectivity index (χ0) is 14.5. The van der Waals surface area contributed by atoms with Crippen molar-refractivity contribution in [2.45, 2.75) is 39.0 Å². The number of nitrogens with zero attached hydrogens (tertiary/aromatic N) is 1. The van der Waals surface area contributed by atoms with Gasteiger partial charge in [-0.15, -0.1) is 0 Å². The van der Waals surface area contributed by atoms with Gasteiger partial charge in [-0.25, -0.2) is 0 Å². The minimum atomic E-state index is 0.151. The van der Waals surface area contributed by atoms with Crippen LogP contribution in [0.3, 0.4) is 0 Å². The minimum Gasteiger partial charge on any atom is -0.326 e. The highest BCUT2D eigenvalue weighted by atomic mass is 16.1. The van der Waals surface area contributed by atoms with Crippen LogP contribution in [0.4, 0.5) is 5.69 Å². The van der Waals surface area contributed by atoms with Crippen molar-refractivity contribution in [1.82, 2.24) is 4.90 Å². The van der Waals surface area contributed by atoms with Gasteiger partial charge >= 0.3 is 0 Å². The quantitative estimate of drug-likeness (QED) is 0.911. The van der Waals surface area contributed by atoms with Crippen LogP contribution in [0.2, 0.25) is 0 Å². The molecule has 0 aliphatic carbocycles. The largest absolute Gasteiger partial charge is 0.326 e. The smallest absolute Gasteiger partial charge is 0.224 e. The van der Waals surface area contributed by atoms with E-state index in [0.29, 0.717) is 18.3 Å². The monoisotopic (exact) mass is 274 g/mol. The molecular formula is C17H26N2O. The van der Waals surface area contributed by atoms with Crippen LogP contribution in [0, 0.1) is 5.92 Å². The minimum absolute atomic E-state index is 0.151. The van der Waals surface area contributed by atoms with Gasteiger partial charge < -0.3 is 10.2 Å². The number of carbonyl (C=O) groups is 1. The summed E-state index contributed by atoms with van der Waals surface area (Å²) in [7, 11) is 2.14. The highest BCUT2D eigenvalue weighted by molar-refractivity contribution is 5.91. The van der Waals surface area contributed by atoms with Gasteiger partial charge in [0, 0.05) is 18.7 Å². The van der Waals surface area contributed by atoms with E-state index in [2.05, 4.69) is 37.2 Å². The highest BCUT2D eigenvalue weighted by Crippen LogP contribution is 2.25. The molecule has 3 heteroatoms. The number of anilines is 1. The first-order chi connectivity index (χ1) is 9.56. The first-order valence-corrected chi connectivity index (χ1v) is 7.63. The Morgan fingerprint density at radius 3 is 2.85 bits per heavy atom.